The van der Waals surface area contributed by atoms with E-state index in [1.165, 1.54) is 32.1 Å². The summed E-state index contributed by atoms with van der Waals surface area (Å²) in [5.74, 6) is 2.56. The molecule has 62 valence electrons. The minimum absolute atomic E-state index is 0.0570. The molecule has 2 bridgehead atoms. The summed E-state index contributed by atoms with van der Waals surface area (Å²) in [6.07, 6.45) is 6.94. The van der Waals surface area contributed by atoms with Gasteiger partial charge >= 0.3 is 0 Å². The third-order valence-corrected chi connectivity index (χ3v) is 3.60. The molecule has 0 aromatic carbocycles. The van der Waals surface area contributed by atoms with Crippen molar-refractivity contribution in [3.05, 3.63) is 0 Å². The van der Waals surface area contributed by atoms with Crippen molar-refractivity contribution in [3.63, 3.8) is 0 Å². The SMILES string of the molecule is BC(O)C1CC2CCC(C2)C1. The van der Waals surface area contributed by atoms with Crippen LogP contribution < -0.4 is 0 Å². The van der Waals surface area contributed by atoms with Gasteiger partial charge in [-0.15, -0.1) is 0 Å². The zero-order chi connectivity index (χ0) is 7.84. The van der Waals surface area contributed by atoms with E-state index in [0.717, 1.165) is 11.8 Å². The molecule has 3 unspecified atom stereocenters. The van der Waals surface area contributed by atoms with Gasteiger partial charge in [-0.3, -0.25) is 0 Å². The molecule has 1 N–H and O–H groups in total. The molecule has 0 amide bonds. The van der Waals surface area contributed by atoms with E-state index < -0.39 is 0 Å². The van der Waals surface area contributed by atoms with E-state index in [1.807, 2.05) is 7.85 Å². The molecular formula is C9H17BO. The zero-order valence-electron chi connectivity index (χ0n) is 7.29. The van der Waals surface area contributed by atoms with Gasteiger partial charge in [-0.05, 0) is 37.0 Å². The van der Waals surface area contributed by atoms with Crippen molar-refractivity contribution in [2.75, 3.05) is 0 Å². The Morgan fingerprint density at radius 2 is 1.64 bits per heavy atom. The molecule has 3 atom stereocenters. The standard InChI is InChI=1S/C9H17BO/c10-9(11)8-4-6-1-2-7(3-6)5-8/h6-9,11H,1-5,10H2. The molecule has 0 aromatic heterocycles. The first-order chi connectivity index (χ1) is 5.25. The molecule has 2 rings (SSSR count). The average Bonchev–Trinajstić information content (AvgIpc) is 2.30. The molecule has 0 radical (unpaired) electrons. The quantitative estimate of drug-likeness (QED) is 0.550. The lowest BCUT2D eigenvalue weighted by Gasteiger charge is -2.29. The molecule has 2 aliphatic carbocycles. The molecule has 0 aliphatic heterocycles. The van der Waals surface area contributed by atoms with Crippen LogP contribution in [0.1, 0.15) is 32.1 Å². The smallest absolute Gasteiger partial charge is 0.139 e. The molecule has 0 saturated heterocycles. The summed E-state index contributed by atoms with van der Waals surface area (Å²) < 4.78 is 0. The van der Waals surface area contributed by atoms with Gasteiger partial charge < -0.3 is 5.11 Å². The van der Waals surface area contributed by atoms with Crippen LogP contribution in [0.2, 0.25) is 0 Å². The van der Waals surface area contributed by atoms with Crippen LogP contribution in [0.3, 0.4) is 0 Å². The van der Waals surface area contributed by atoms with E-state index >= 15 is 0 Å². The van der Waals surface area contributed by atoms with Gasteiger partial charge in [0.2, 0.25) is 0 Å². The summed E-state index contributed by atoms with van der Waals surface area (Å²) in [6, 6.07) is -0.0570. The Morgan fingerprint density at radius 1 is 1.09 bits per heavy atom. The van der Waals surface area contributed by atoms with Crippen molar-refractivity contribution in [3.8, 4) is 0 Å². The first-order valence-electron chi connectivity index (χ1n) is 4.93. The van der Waals surface area contributed by atoms with Crippen LogP contribution in [0, 0.1) is 17.8 Å². The van der Waals surface area contributed by atoms with Crippen molar-refractivity contribution < 1.29 is 5.11 Å². The Kier molecular flexibility index (Phi) is 1.96. The third kappa shape index (κ3) is 1.46. The summed E-state index contributed by atoms with van der Waals surface area (Å²) in [7, 11) is 1.95. The molecule has 0 heterocycles. The summed E-state index contributed by atoms with van der Waals surface area (Å²) in [5.41, 5.74) is 0. The summed E-state index contributed by atoms with van der Waals surface area (Å²) >= 11 is 0. The predicted octanol–water partition coefficient (Wildman–Crippen LogP) is 0.764. The minimum atomic E-state index is -0.0570. The van der Waals surface area contributed by atoms with E-state index in [-0.39, 0.29) is 6.00 Å². The fourth-order valence-electron chi connectivity index (χ4n) is 2.95. The van der Waals surface area contributed by atoms with Crippen LogP contribution in [0.25, 0.3) is 0 Å². The fourth-order valence-corrected chi connectivity index (χ4v) is 2.95. The van der Waals surface area contributed by atoms with Crippen LogP contribution in [0.5, 0.6) is 0 Å². The number of hydrogen-bond acceptors (Lipinski definition) is 1. The van der Waals surface area contributed by atoms with E-state index in [2.05, 4.69) is 0 Å². The normalized spacial score (nSPS) is 45.7. The van der Waals surface area contributed by atoms with Gasteiger partial charge in [0, 0.05) is 6.00 Å². The van der Waals surface area contributed by atoms with Gasteiger partial charge in [-0.1, -0.05) is 12.8 Å². The van der Waals surface area contributed by atoms with Crippen LogP contribution >= 0.6 is 0 Å². The van der Waals surface area contributed by atoms with Gasteiger partial charge in [-0.2, -0.15) is 0 Å². The highest BCUT2D eigenvalue weighted by Crippen LogP contribution is 2.45. The van der Waals surface area contributed by atoms with Crippen molar-refractivity contribution in [1.29, 1.82) is 0 Å². The third-order valence-electron chi connectivity index (χ3n) is 3.60. The molecule has 11 heavy (non-hydrogen) atoms. The summed E-state index contributed by atoms with van der Waals surface area (Å²) in [6.45, 7) is 0. The van der Waals surface area contributed by atoms with E-state index in [4.69, 9.17) is 0 Å². The monoisotopic (exact) mass is 152 g/mol. The van der Waals surface area contributed by atoms with Crippen LogP contribution in [0.4, 0.5) is 0 Å². The lowest BCUT2D eigenvalue weighted by Crippen LogP contribution is -2.27. The van der Waals surface area contributed by atoms with Crippen molar-refractivity contribution in [1.82, 2.24) is 0 Å². The Hall–Kier alpha value is 0.0249. The zero-order valence-corrected chi connectivity index (χ0v) is 7.29. The molecule has 1 nitrogen and oxygen atoms in total. The number of rotatable bonds is 1. The van der Waals surface area contributed by atoms with Gasteiger partial charge in [0.15, 0.2) is 0 Å². The van der Waals surface area contributed by atoms with Crippen LogP contribution in [0.15, 0.2) is 0 Å². The van der Waals surface area contributed by atoms with Crippen molar-refractivity contribution in [2.45, 2.75) is 38.1 Å². The molecule has 2 aliphatic rings. The lowest BCUT2D eigenvalue weighted by molar-refractivity contribution is 0.125. The van der Waals surface area contributed by atoms with Crippen molar-refractivity contribution in [2.24, 2.45) is 17.8 Å². The topological polar surface area (TPSA) is 20.2 Å². The maximum atomic E-state index is 9.44. The maximum absolute atomic E-state index is 9.44. The van der Waals surface area contributed by atoms with E-state index in [0.29, 0.717) is 5.92 Å². The fraction of sp³-hybridized carbons (Fsp3) is 1.00. The molecule has 2 heteroatoms. The highest BCUT2D eigenvalue weighted by atomic mass is 16.3. The second-order valence-corrected chi connectivity index (χ2v) is 4.52. The van der Waals surface area contributed by atoms with E-state index in [9.17, 15) is 5.11 Å². The highest BCUT2D eigenvalue weighted by molar-refractivity contribution is 6.10. The molecule has 2 saturated carbocycles. The van der Waals surface area contributed by atoms with Gasteiger partial charge in [0.25, 0.3) is 0 Å². The second-order valence-electron chi connectivity index (χ2n) is 4.52. The molecule has 0 spiro atoms. The molecular weight excluding hydrogens is 135 g/mol. The molecule has 0 aromatic rings. The summed E-state index contributed by atoms with van der Waals surface area (Å²) in [4.78, 5) is 0. The predicted molar refractivity (Wildman–Crippen MR) is 48.1 cm³/mol. The van der Waals surface area contributed by atoms with Gasteiger partial charge in [0.1, 0.15) is 7.85 Å². The van der Waals surface area contributed by atoms with Gasteiger partial charge in [-0.25, -0.2) is 0 Å². The minimum Gasteiger partial charge on any atom is -0.402 e. The van der Waals surface area contributed by atoms with E-state index in [1.54, 1.807) is 0 Å². The number of fused-ring (bicyclic) bond motifs is 2. The Balaban J connectivity index is 1.97. The van der Waals surface area contributed by atoms with Gasteiger partial charge in [0.05, 0.1) is 0 Å². The largest absolute Gasteiger partial charge is 0.402 e. The number of aliphatic hydroxyl groups excluding tert-OH is 1. The van der Waals surface area contributed by atoms with Crippen LogP contribution in [-0.4, -0.2) is 19.0 Å². The summed E-state index contributed by atoms with van der Waals surface area (Å²) in [5, 5.41) is 9.44. The van der Waals surface area contributed by atoms with Crippen molar-refractivity contribution >= 4 is 7.85 Å². The first-order valence-corrected chi connectivity index (χ1v) is 4.93. The van der Waals surface area contributed by atoms with Crippen LogP contribution in [-0.2, 0) is 0 Å². The lowest BCUT2D eigenvalue weighted by atomic mass is 9.73. The number of hydrogen-bond donors (Lipinski definition) is 1. The highest BCUT2D eigenvalue weighted by Gasteiger charge is 2.35. The molecule has 2 fully saturated rings. The first kappa shape index (κ1) is 7.66. The number of aliphatic hydroxyl groups is 1. The Labute approximate surface area is 69.6 Å². The second kappa shape index (κ2) is 2.82. The Bertz CT molecular complexity index is 134. The average molecular weight is 152 g/mol. The maximum Gasteiger partial charge on any atom is 0.139 e. The Morgan fingerprint density at radius 3 is 2.09 bits per heavy atom.